The second-order valence-corrected chi connectivity index (χ2v) is 3.88. The Bertz CT molecular complexity index is 353. The predicted molar refractivity (Wildman–Crippen MR) is 60.3 cm³/mol. The van der Waals surface area contributed by atoms with Crippen LogP contribution >= 0.6 is 11.6 Å². The van der Waals surface area contributed by atoms with Crippen LogP contribution in [0.25, 0.3) is 6.08 Å². The third kappa shape index (κ3) is 3.35. The van der Waals surface area contributed by atoms with Crippen molar-refractivity contribution in [1.82, 2.24) is 0 Å². The van der Waals surface area contributed by atoms with Crippen LogP contribution in [0, 0.1) is 5.92 Å². The number of allylic oxidation sites excluding steroid dienone is 1. The average molecular weight is 209 g/mol. The molecule has 1 aromatic carbocycles. The van der Waals surface area contributed by atoms with Crippen LogP contribution < -0.4 is 0 Å². The number of halogens is 1. The first-order valence-corrected chi connectivity index (χ1v) is 4.95. The van der Waals surface area contributed by atoms with Crippen LogP contribution in [0.5, 0.6) is 0 Å². The molecule has 1 rings (SSSR count). The summed E-state index contributed by atoms with van der Waals surface area (Å²) in [5.74, 6) is 0.176. The highest BCUT2D eigenvalue weighted by Crippen LogP contribution is 2.12. The molecule has 0 saturated heterocycles. The van der Waals surface area contributed by atoms with Gasteiger partial charge in [-0.2, -0.15) is 0 Å². The van der Waals surface area contributed by atoms with E-state index >= 15 is 0 Å². The molecule has 1 aromatic rings. The van der Waals surface area contributed by atoms with Crippen LogP contribution in [0.2, 0.25) is 5.02 Å². The molecule has 2 heteroatoms. The summed E-state index contributed by atoms with van der Waals surface area (Å²) in [4.78, 5) is 11.3. The van der Waals surface area contributed by atoms with Crippen molar-refractivity contribution in [3.8, 4) is 0 Å². The van der Waals surface area contributed by atoms with Crippen LogP contribution in [0.3, 0.4) is 0 Å². The molecule has 0 heterocycles. The van der Waals surface area contributed by atoms with Gasteiger partial charge in [-0.05, 0) is 23.8 Å². The Morgan fingerprint density at radius 2 is 2.14 bits per heavy atom. The number of hydrogen-bond donors (Lipinski definition) is 0. The molecule has 0 unspecified atom stereocenters. The highest BCUT2D eigenvalue weighted by atomic mass is 35.5. The minimum absolute atomic E-state index is 0.0467. The summed E-state index contributed by atoms with van der Waals surface area (Å²) in [5, 5.41) is 0.684. The number of rotatable bonds is 3. The highest BCUT2D eigenvalue weighted by Gasteiger charge is 2.01. The van der Waals surface area contributed by atoms with Gasteiger partial charge in [-0.3, -0.25) is 4.79 Å². The zero-order valence-corrected chi connectivity index (χ0v) is 9.08. The molecule has 0 aromatic heterocycles. The summed E-state index contributed by atoms with van der Waals surface area (Å²) in [6.45, 7) is 3.76. The molecule has 0 atom stereocenters. The quantitative estimate of drug-likeness (QED) is 0.694. The minimum Gasteiger partial charge on any atom is -0.295 e. The van der Waals surface area contributed by atoms with Crippen LogP contribution in [0.1, 0.15) is 19.4 Å². The van der Waals surface area contributed by atoms with E-state index in [1.165, 1.54) is 0 Å². The van der Waals surface area contributed by atoms with E-state index in [-0.39, 0.29) is 11.7 Å². The summed E-state index contributed by atoms with van der Waals surface area (Å²) >= 11 is 5.80. The highest BCUT2D eigenvalue weighted by molar-refractivity contribution is 6.30. The summed E-state index contributed by atoms with van der Waals surface area (Å²) in [5.41, 5.74) is 0.950. The van der Waals surface area contributed by atoms with Crippen molar-refractivity contribution in [2.75, 3.05) is 0 Å². The van der Waals surface area contributed by atoms with Crippen molar-refractivity contribution in [1.29, 1.82) is 0 Å². The summed E-state index contributed by atoms with van der Waals surface area (Å²) in [6.07, 6.45) is 3.38. The molecule has 0 aliphatic heterocycles. The smallest absolute Gasteiger partial charge is 0.158 e. The Hall–Kier alpha value is -1.08. The van der Waals surface area contributed by atoms with Gasteiger partial charge in [-0.25, -0.2) is 0 Å². The van der Waals surface area contributed by atoms with Gasteiger partial charge in [0.15, 0.2) is 5.78 Å². The zero-order chi connectivity index (χ0) is 10.6. The fraction of sp³-hybridized carbons (Fsp3) is 0.250. The lowest BCUT2D eigenvalue weighted by Gasteiger charge is -1.97. The van der Waals surface area contributed by atoms with E-state index in [1.807, 2.05) is 38.1 Å². The number of benzene rings is 1. The van der Waals surface area contributed by atoms with Crippen LogP contribution in [-0.4, -0.2) is 5.78 Å². The van der Waals surface area contributed by atoms with E-state index < -0.39 is 0 Å². The van der Waals surface area contributed by atoms with Gasteiger partial charge in [0.05, 0.1) is 0 Å². The predicted octanol–water partition coefficient (Wildman–Crippen LogP) is 3.58. The van der Waals surface area contributed by atoms with Crippen molar-refractivity contribution >= 4 is 23.5 Å². The van der Waals surface area contributed by atoms with Gasteiger partial charge in [0, 0.05) is 10.9 Å². The molecular weight excluding hydrogens is 196 g/mol. The molecule has 0 fully saturated rings. The summed E-state index contributed by atoms with van der Waals surface area (Å²) < 4.78 is 0. The molecule has 0 N–H and O–H groups in total. The van der Waals surface area contributed by atoms with Crippen LogP contribution in [0.4, 0.5) is 0 Å². The zero-order valence-electron chi connectivity index (χ0n) is 8.33. The lowest BCUT2D eigenvalue weighted by atomic mass is 10.1. The largest absolute Gasteiger partial charge is 0.295 e. The van der Waals surface area contributed by atoms with E-state index in [1.54, 1.807) is 12.2 Å². The third-order valence-corrected chi connectivity index (χ3v) is 2.09. The maximum atomic E-state index is 11.3. The van der Waals surface area contributed by atoms with Crippen molar-refractivity contribution in [3.63, 3.8) is 0 Å². The minimum atomic E-state index is 0.0467. The molecule has 0 aliphatic carbocycles. The Morgan fingerprint density at radius 3 is 2.71 bits per heavy atom. The maximum absolute atomic E-state index is 11.3. The molecule has 1 nitrogen and oxygen atoms in total. The molecule has 14 heavy (non-hydrogen) atoms. The van der Waals surface area contributed by atoms with Crippen LogP contribution in [0.15, 0.2) is 30.3 Å². The maximum Gasteiger partial charge on any atom is 0.158 e. The Kier molecular flexibility index (Phi) is 3.90. The molecule has 0 aliphatic rings. The SMILES string of the molecule is CC(C)C(=O)/C=C/c1cccc(Cl)c1. The number of ketones is 1. The fourth-order valence-electron chi connectivity index (χ4n) is 0.981. The third-order valence-electron chi connectivity index (χ3n) is 1.86. The molecule has 74 valence electrons. The first-order valence-electron chi connectivity index (χ1n) is 4.57. The van der Waals surface area contributed by atoms with Crippen molar-refractivity contribution < 1.29 is 4.79 Å². The van der Waals surface area contributed by atoms with Crippen molar-refractivity contribution in [2.45, 2.75) is 13.8 Å². The Balaban J connectivity index is 2.74. The number of carbonyl (C=O) groups is 1. The molecule has 0 saturated carbocycles. The lowest BCUT2D eigenvalue weighted by molar-refractivity contribution is -0.117. The van der Waals surface area contributed by atoms with Gasteiger partial charge in [0.25, 0.3) is 0 Å². The molecule has 0 bridgehead atoms. The van der Waals surface area contributed by atoms with Gasteiger partial charge in [-0.1, -0.05) is 43.7 Å². The standard InChI is InChI=1S/C12H13ClO/c1-9(2)12(14)7-6-10-4-3-5-11(13)8-10/h3-9H,1-2H3/b7-6+. The average Bonchev–Trinajstić information content (AvgIpc) is 2.14. The van der Waals surface area contributed by atoms with Gasteiger partial charge in [0.1, 0.15) is 0 Å². The second-order valence-electron chi connectivity index (χ2n) is 3.45. The first-order chi connectivity index (χ1) is 6.59. The first kappa shape index (κ1) is 11.0. The Morgan fingerprint density at radius 1 is 1.43 bits per heavy atom. The van der Waals surface area contributed by atoms with Gasteiger partial charge >= 0.3 is 0 Å². The monoisotopic (exact) mass is 208 g/mol. The number of hydrogen-bond acceptors (Lipinski definition) is 1. The molecule has 0 amide bonds. The Labute approximate surface area is 89.4 Å². The van der Waals surface area contributed by atoms with Gasteiger partial charge in [0.2, 0.25) is 0 Å². The summed E-state index contributed by atoms with van der Waals surface area (Å²) in [7, 11) is 0. The van der Waals surface area contributed by atoms with Gasteiger partial charge < -0.3 is 0 Å². The van der Waals surface area contributed by atoms with E-state index in [4.69, 9.17) is 11.6 Å². The second kappa shape index (κ2) is 4.97. The molecular formula is C12H13ClO. The van der Waals surface area contributed by atoms with E-state index in [9.17, 15) is 4.79 Å². The molecule has 0 radical (unpaired) electrons. The number of carbonyl (C=O) groups excluding carboxylic acids is 1. The topological polar surface area (TPSA) is 17.1 Å². The van der Waals surface area contributed by atoms with E-state index in [0.717, 1.165) is 5.56 Å². The summed E-state index contributed by atoms with van der Waals surface area (Å²) in [6, 6.07) is 7.41. The van der Waals surface area contributed by atoms with Crippen molar-refractivity contribution in [2.24, 2.45) is 5.92 Å². The van der Waals surface area contributed by atoms with Crippen LogP contribution in [-0.2, 0) is 4.79 Å². The fourth-order valence-corrected chi connectivity index (χ4v) is 1.18. The van der Waals surface area contributed by atoms with E-state index in [0.29, 0.717) is 5.02 Å². The molecule has 0 spiro atoms. The normalized spacial score (nSPS) is 11.1. The van der Waals surface area contributed by atoms with E-state index in [2.05, 4.69) is 0 Å². The van der Waals surface area contributed by atoms with Gasteiger partial charge in [-0.15, -0.1) is 0 Å². The van der Waals surface area contributed by atoms with Crippen molar-refractivity contribution in [3.05, 3.63) is 40.9 Å². The lowest BCUT2D eigenvalue weighted by Crippen LogP contribution is -2.01.